The number of rotatable bonds is 3. The third kappa shape index (κ3) is 3.34. The van der Waals surface area contributed by atoms with Crippen LogP contribution in [0, 0.1) is 6.92 Å². The first-order valence-electron chi connectivity index (χ1n) is 6.65. The van der Waals surface area contributed by atoms with E-state index in [2.05, 4.69) is 4.98 Å². The summed E-state index contributed by atoms with van der Waals surface area (Å²) >= 11 is 5.88. The number of amides is 1. The number of benzene rings is 1. The van der Waals surface area contributed by atoms with Crippen molar-refractivity contribution in [1.82, 2.24) is 9.88 Å². The van der Waals surface area contributed by atoms with Gasteiger partial charge in [-0.3, -0.25) is 9.78 Å². The lowest BCUT2D eigenvalue weighted by atomic mass is 10.1. The van der Waals surface area contributed by atoms with Crippen molar-refractivity contribution in [2.24, 2.45) is 0 Å². The zero-order valence-electron chi connectivity index (χ0n) is 12.3. The monoisotopic (exact) mass is 303 g/mol. The van der Waals surface area contributed by atoms with Gasteiger partial charge in [-0.1, -0.05) is 23.7 Å². The van der Waals surface area contributed by atoms with Crippen LogP contribution < -0.4 is 5.73 Å². The van der Waals surface area contributed by atoms with Gasteiger partial charge in [-0.25, -0.2) is 0 Å². The highest BCUT2D eigenvalue weighted by molar-refractivity contribution is 6.30. The molecule has 1 aromatic carbocycles. The summed E-state index contributed by atoms with van der Waals surface area (Å²) in [4.78, 5) is 18.3. The standard InChI is InChI=1S/C16H18ClN3O/c1-10-8-15(18)14(9-19-10)16(21)20(3)11(2)12-4-6-13(17)7-5-12/h4-9,11H,1-3H3,(H2,18,19). The zero-order valence-corrected chi connectivity index (χ0v) is 13.1. The van der Waals surface area contributed by atoms with Gasteiger partial charge in [0.05, 0.1) is 11.6 Å². The fourth-order valence-corrected chi connectivity index (χ4v) is 2.22. The van der Waals surface area contributed by atoms with Crippen LogP contribution in [0.4, 0.5) is 5.69 Å². The van der Waals surface area contributed by atoms with E-state index in [4.69, 9.17) is 17.3 Å². The highest BCUT2D eigenvalue weighted by Crippen LogP contribution is 2.23. The number of nitrogens with zero attached hydrogens (tertiary/aromatic N) is 2. The van der Waals surface area contributed by atoms with Crippen LogP contribution in [0.15, 0.2) is 36.5 Å². The molecule has 0 aliphatic carbocycles. The molecular formula is C16H18ClN3O. The predicted molar refractivity (Wildman–Crippen MR) is 85.3 cm³/mol. The number of aryl methyl sites for hydroxylation is 1. The quantitative estimate of drug-likeness (QED) is 0.944. The van der Waals surface area contributed by atoms with Crippen LogP contribution in [0.3, 0.4) is 0 Å². The Balaban J connectivity index is 2.24. The second-order valence-corrected chi connectivity index (χ2v) is 5.49. The molecule has 0 saturated heterocycles. The highest BCUT2D eigenvalue weighted by atomic mass is 35.5. The molecule has 2 aromatic rings. The van der Waals surface area contributed by atoms with Crippen LogP contribution in [-0.4, -0.2) is 22.8 Å². The lowest BCUT2D eigenvalue weighted by molar-refractivity contribution is 0.0743. The van der Waals surface area contributed by atoms with Crippen molar-refractivity contribution in [2.75, 3.05) is 12.8 Å². The lowest BCUT2D eigenvalue weighted by Crippen LogP contribution is -2.30. The number of hydrogen-bond acceptors (Lipinski definition) is 3. The summed E-state index contributed by atoms with van der Waals surface area (Å²) in [6.07, 6.45) is 1.53. The summed E-state index contributed by atoms with van der Waals surface area (Å²) < 4.78 is 0. The molecule has 5 heteroatoms. The molecule has 1 aromatic heterocycles. The summed E-state index contributed by atoms with van der Waals surface area (Å²) in [5, 5.41) is 0.673. The largest absolute Gasteiger partial charge is 0.398 e. The number of nitrogens with two attached hydrogens (primary N) is 1. The lowest BCUT2D eigenvalue weighted by Gasteiger charge is -2.26. The van der Waals surface area contributed by atoms with Gasteiger partial charge in [0.25, 0.3) is 5.91 Å². The molecular weight excluding hydrogens is 286 g/mol. The van der Waals surface area contributed by atoms with Crippen molar-refractivity contribution in [3.8, 4) is 0 Å². The molecule has 1 amide bonds. The van der Waals surface area contributed by atoms with Gasteiger partial charge in [0.1, 0.15) is 0 Å². The molecule has 0 radical (unpaired) electrons. The Morgan fingerprint density at radius 3 is 2.52 bits per heavy atom. The van der Waals surface area contributed by atoms with Gasteiger partial charge in [-0.2, -0.15) is 0 Å². The Hall–Kier alpha value is -2.07. The van der Waals surface area contributed by atoms with Gasteiger partial charge in [0, 0.05) is 29.6 Å². The number of hydrogen-bond donors (Lipinski definition) is 1. The van der Waals surface area contributed by atoms with E-state index >= 15 is 0 Å². The first kappa shape index (κ1) is 15.3. The molecule has 0 aliphatic rings. The third-order valence-electron chi connectivity index (χ3n) is 3.56. The van der Waals surface area contributed by atoms with Crippen LogP contribution in [0.1, 0.15) is 34.6 Å². The fraction of sp³-hybridized carbons (Fsp3) is 0.250. The summed E-state index contributed by atoms with van der Waals surface area (Å²) in [7, 11) is 1.75. The van der Waals surface area contributed by atoms with Gasteiger partial charge in [0.2, 0.25) is 0 Å². The Morgan fingerprint density at radius 1 is 1.33 bits per heavy atom. The summed E-state index contributed by atoms with van der Waals surface area (Å²) in [6.45, 7) is 3.80. The molecule has 2 N–H and O–H groups in total. The highest BCUT2D eigenvalue weighted by Gasteiger charge is 2.21. The van der Waals surface area contributed by atoms with Crippen molar-refractivity contribution >= 4 is 23.2 Å². The molecule has 0 fully saturated rings. The van der Waals surface area contributed by atoms with E-state index < -0.39 is 0 Å². The van der Waals surface area contributed by atoms with Crippen molar-refractivity contribution in [3.63, 3.8) is 0 Å². The average Bonchev–Trinajstić information content (AvgIpc) is 2.46. The zero-order chi connectivity index (χ0) is 15.6. The molecule has 2 rings (SSSR count). The Morgan fingerprint density at radius 2 is 1.95 bits per heavy atom. The average molecular weight is 304 g/mol. The number of pyridine rings is 1. The van der Waals surface area contributed by atoms with E-state index in [0.717, 1.165) is 11.3 Å². The molecule has 0 bridgehead atoms. The van der Waals surface area contributed by atoms with E-state index in [1.165, 1.54) is 6.20 Å². The third-order valence-corrected chi connectivity index (χ3v) is 3.81. The first-order chi connectivity index (χ1) is 9.90. The second kappa shape index (κ2) is 6.14. The van der Waals surface area contributed by atoms with E-state index in [0.29, 0.717) is 16.3 Å². The Bertz CT molecular complexity index is 655. The van der Waals surface area contributed by atoms with Crippen molar-refractivity contribution in [1.29, 1.82) is 0 Å². The number of nitrogen functional groups attached to an aromatic ring is 1. The number of aromatic nitrogens is 1. The van der Waals surface area contributed by atoms with Gasteiger partial charge >= 0.3 is 0 Å². The Kier molecular flexibility index (Phi) is 4.48. The van der Waals surface area contributed by atoms with Crippen LogP contribution in [0.5, 0.6) is 0 Å². The molecule has 1 atom stereocenters. The van der Waals surface area contributed by atoms with E-state index in [1.54, 1.807) is 18.0 Å². The maximum Gasteiger partial charge on any atom is 0.257 e. The summed E-state index contributed by atoms with van der Waals surface area (Å²) in [5.41, 5.74) is 8.58. The molecule has 21 heavy (non-hydrogen) atoms. The second-order valence-electron chi connectivity index (χ2n) is 5.06. The SMILES string of the molecule is Cc1cc(N)c(C(=O)N(C)C(C)c2ccc(Cl)cc2)cn1. The van der Waals surface area contributed by atoms with Crippen molar-refractivity contribution in [3.05, 3.63) is 58.4 Å². The fourth-order valence-electron chi connectivity index (χ4n) is 2.09. The smallest absolute Gasteiger partial charge is 0.257 e. The number of anilines is 1. The molecule has 0 aliphatic heterocycles. The van der Waals surface area contributed by atoms with Crippen LogP contribution in [0.25, 0.3) is 0 Å². The summed E-state index contributed by atoms with van der Waals surface area (Å²) in [5.74, 6) is -0.151. The Labute approximate surface area is 129 Å². The topological polar surface area (TPSA) is 59.2 Å². The summed E-state index contributed by atoms with van der Waals surface area (Å²) in [6, 6.07) is 9.06. The van der Waals surface area contributed by atoms with Gasteiger partial charge < -0.3 is 10.6 Å². The minimum Gasteiger partial charge on any atom is -0.398 e. The van der Waals surface area contributed by atoms with Crippen LogP contribution in [-0.2, 0) is 0 Å². The molecule has 110 valence electrons. The number of carbonyl (C=O) groups is 1. The first-order valence-corrected chi connectivity index (χ1v) is 7.02. The van der Waals surface area contributed by atoms with Gasteiger partial charge in [-0.05, 0) is 37.6 Å². The maximum absolute atomic E-state index is 12.5. The molecule has 4 nitrogen and oxygen atoms in total. The molecule has 1 unspecified atom stereocenters. The van der Waals surface area contributed by atoms with Gasteiger partial charge in [-0.15, -0.1) is 0 Å². The maximum atomic E-state index is 12.5. The molecule has 0 spiro atoms. The van der Waals surface area contributed by atoms with E-state index in [9.17, 15) is 4.79 Å². The van der Waals surface area contributed by atoms with Crippen molar-refractivity contribution < 1.29 is 4.79 Å². The minimum absolute atomic E-state index is 0.0875. The molecule has 1 heterocycles. The van der Waals surface area contributed by atoms with Crippen molar-refractivity contribution in [2.45, 2.75) is 19.9 Å². The minimum atomic E-state index is -0.151. The van der Waals surface area contributed by atoms with E-state index in [1.807, 2.05) is 38.1 Å². The number of halogens is 1. The molecule has 0 saturated carbocycles. The van der Waals surface area contributed by atoms with Gasteiger partial charge in [0.15, 0.2) is 0 Å². The van der Waals surface area contributed by atoms with Crippen LogP contribution in [0.2, 0.25) is 5.02 Å². The van der Waals surface area contributed by atoms with E-state index in [-0.39, 0.29) is 11.9 Å². The normalized spacial score (nSPS) is 12.0. The predicted octanol–water partition coefficient (Wildman–Crippen LogP) is 3.46. The van der Waals surface area contributed by atoms with Crippen LogP contribution >= 0.6 is 11.6 Å². The number of carbonyl (C=O) groups excluding carboxylic acids is 1.